The quantitative estimate of drug-likeness (QED) is 0.684. The standard InChI is InChI=1S/C10H12N2O4/c11-8(9(13)14)3-6-16-10(15)7-1-4-12-5-2-7/h1-2,4-5,8H,3,6,11H2,(H,13,14)/t8-/m0/s1. The van der Waals surface area contributed by atoms with E-state index >= 15 is 0 Å². The Balaban J connectivity index is 2.34. The van der Waals surface area contributed by atoms with Crippen LogP contribution in [0.25, 0.3) is 0 Å². The van der Waals surface area contributed by atoms with Crippen LogP contribution in [0.3, 0.4) is 0 Å². The van der Waals surface area contributed by atoms with Crippen LogP contribution < -0.4 is 5.73 Å². The van der Waals surface area contributed by atoms with Crippen LogP contribution >= 0.6 is 0 Å². The van der Waals surface area contributed by atoms with Crippen LogP contribution in [0.15, 0.2) is 24.5 Å². The molecule has 1 rings (SSSR count). The van der Waals surface area contributed by atoms with E-state index in [4.69, 9.17) is 15.6 Å². The highest BCUT2D eigenvalue weighted by atomic mass is 16.5. The molecule has 1 aromatic rings. The largest absolute Gasteiger partial charge is 0.480 e. The first-order valence-corrected chi connectivity index (χ1v) is 4.67. The number of rotatable bonds is 5. The van der Waals surface area contributed by atoms with E-state index in [0.717, 1.165) is 0 Å². The molecule has 0 aliphatic carbocycles. The van der Waals surface area contributed by atoms with Gasteiger partial charge in [-0.25, -0.2) is 4.79 Å². The predicted octanol–water partition coefficient (Wildman–Crippen LogP) is 0.0404. The number of hydrogen-bond acceptors (Lipinski definition) is 5. The van der Waals surface area contributed by atoms with Gasteiger partial charge in [0.2, 0.25) is 0 Å². The first-order valence-electron chi connectivity index (χ1n) is 4.67. The Morgan fingerprint density at radius 2 is 2.06 bits per heavy atom. The van der Waals surface area contributed by atoms with E-state index in [1.807, 2.05) is 0 Å². The maximum atomic E-state index is 11.4. The lowest BCUT2D eigenvalue weighted by Gasteiger charge is -2.07. The minimum absolute atomic E-state index is 0.0192. The zero-order valence-corrected chi connectivity index (χ0v) is 8.50. The lowest BCUT2D eigenvalue weighted by molar-refractivity contribution is -0.138. The highest BCUT2D eigenvalue weighted by Gasteiger charge is 2.12. The average molecular weight is 224 g/mol. The van der Waals surface area contributed by atoms with E-state index in [1.165, 1.54) is 24.5 Å². The fraction of sp³-hybridized carbons (Fsp3) is 0.300. The first-order chi connectivity index (χ1) is 7.61. The molecule has 0 bridgehead atoms. The van der Waals surface area contributed by atoms with Crippen molar-refractivity contribution in [3.8, 4) is 0 Å². The maximum Gasteiger partial charge on any atom is 0.338 e. The number of hydrogen-bond donors (Lipinski definition) is 2. The molecule has 16 heavy (non-hydrogen) atoms. The summed E-state index contributed by atoms with van der Waals surface area (Å²) in [7, 11) is 0. The van der Waals surface area contributed by atoms with Gasteiger partial charge in [-0.15, -0.1) is 0 Å². The SMILES string of the molecule is N[C@@H](CCOC(=O)c1ccncc1)C(=O)O. The highest BCUT2D eigenvalue weighted by molar-refractivity contribution is 5.89. The molecule has 0 aromatic carbocycles. The molecule has 0 spiro atoms. The van der Waals surface area contributed by atoms with E-state index in [2.05, 4.69) is 4.98 Å². The smallest absolute Gasteiger partial charge is 0.338 e. The zero-order chi connectivity index (χ0) is 12.0. The molecule has 3 N–H and O–H groups in total. The van der Waals surface area contributed by atoms with Gasteiger partial charge in [0.1, 0.15) is 6.04 Å². The van der Waals surface area contributed by atoms with Crippen molar-refractivity contribution in [3.63, 3.8) is 0 Å². The molecule has 1 aromatic heterocycles. The Morgan fingerprint density at radius 1 is 1.44 bits per heavy atom. The number of aromatic nitrogens is 1. The Kier molecular flexibility index (Phi) is 4.41. The molecule has 0 unspecified atom stereocenters. The molecule has 1 heterocycles. The van der Waals surface area contributed by atoms with Crippen LogP contribution in [-0.4, -0.2) is 34.7 Å². The van der Waals surface area contributed by atoms with Gasteiger partial charge >= 0.3 is 11.9 Å². The molecular weight excluding hydrogens is 212 g/mol. The predicted molar refractivity (Wildman–Crippen MR) is 54.7 cm³/mol. The summed E-state index contributed by atoms with van der Waals surface area (Å²) in [5.41, 5.74) is 5.61. The average Bonchev–Trinajstić information content (AvgIpc) is 2.29. The normalized spacial score (nSPS) is 11.8. The highest BCUT2D eigenvalue weighted by Crippen LogP contribution is 2.00. The summed E-state index contributed by atoms with van der Waals surface area (Å²) < 4.78 is 4.84. The van der Waals surface area contributed by atoms with E-state index in [9.17, 15) is 9.59 Å². The molecule has 0 aliphatic heterocycles. The molecule has 1 atom stereocenters. The molecule has 0 saturated carbocycles. The van der Waals surface area contributed by atoms with Crippen LogP contribution in [-0.2, 0) is 9.53 Å². The third kappa shape index (κ3) is 3.66. The van der Waals surface area contributed by atoms with Gasteiger partial charge in [0.05, 0.1) is 12.2 Å². The monoisotopic (exact) mass is 224 g/mol. The molecule has 0 radical (unpaired) electrons. The fourth-order valence-electron chi connectivity index (χ4n) is 0.973. The second-order valence-corrected chi connectivity index (χ2v) is 3.11. The summed E-state index contributed by atoms with van der Waals surface area (Å²) in [6.07, 6.45) is 3.03. The Bertz CT molecular complexity index is 366. The van der Waals surface area contributed by atoms with Crippen LogP contribution in [0.5, 0.6) is 0 Å². The van der Waals surface area contributed by atoms with Gasteiger partial charge < -0.3 is 15.6 Å². The van der Waals surface area contributed by atoms with Gasteiger partial charge in [-0.05, 0) is 12.1 Å². The molecule has 0 aliphatic rings. The van der Waals surface area contributed by atoms with Crippen molar-refractivity contribution in [3.05, 3.63) is 30.1 Å². The van der Waals surface area contributed by atoms with Crippen molar-refractivity contribution in [1.82, 2.24) is 4.98 Å². The maximum absolute atomic E-state index is 11.4. The summed E-state index contributed by atoms with van der Waals surface area (Å²) in [6.45, 7) is -0.0192. The Labute approximate surface area is 92.0 Å². The number of nitrogens with two attached hydrogens (primary N) is 1. The summed E-state index contributed by atoms with van der Waals surface area (Å²) in [5, 5.41) is 8.49. The van der Waals surface area contributed by atoms with Crippen molar-refractivity contribution in [2.45, 2.75) is 12.5 Å². The van der Waals surface area contributed by atoms with Crippen LogP contribution in [0.4, 0.5) is 0 Å². The van der Waals surface area contributed by atoms with Crippen LogP contribution in [0.2, 0.25) is 0 Å². The van der Waals surface area contributed by atoms with Crippen LogP contribution in [0.1, 0.15) is 16.8 Å². The first kappa shape index (κ1) is 12.1. The number of carboxylic acids is 1. The van der Waals surface area contributed by atoms with Crippen molar-refractivity contribution in [2.75, 3.05) is 6.61 Å². The van der Waals surface area contributed by atoms with E-state index < -0.39 is 18.0 Å². The molecule has 0 amide bonds. The van der Waals surface area contributed by atoms with Crippen molar-refractivity contribution in [2.24, 2.45) is 5.73 Å². The van der Waals surface area contributed by atoms with Gasteiger partial charge in [0, 0.05) is 18.8 Å². The van der Waals surface area contributed by atoms with Gasteiger partial charge in [-0.3, -0.25) is 9.78 Å². The number of esters is 1. The second kappa shape index (κ2) is 5.82. The zero-order valence-electron chi connectivity index (χ0n) is 8.50. The van der Waals surface area contributed by atoms with E-state index in [0.29, 0.717) is 5.56 Å². The lowest BCUT2D eigenvalue weighted by atomic mass is 10.2. The van der Waals surface area contributed by atoms with Gasteiger partial charge in [0.15, 0.2) is 0 Å². The number of carbonyl (C=O) groups is 2. The summed E-state index contributed by atoms with van der Waals surface area (Å²) in [4.78, 5) is 25.5. The molecule has 6 heteroatoms. The lowest BCUT2D eigenvalue weighted by Crippen LogP contribution is -2.31. The van der Waals surface area contributed by atoms with Crippen molar-refractivity contribution in [1.29, 1.82) is 0 Å². The number of carbonyl (C=O) groups excluding carboxylic acids is 1. The van der Waals surface area contributed by atoms with Crippen molar-refractivity contribution < 1.29 is 19.4 Å². The summed E-state index contributed by atoms with van der Waals surface area (Å²) in [6, 6.07) is 2.02. The van der Waals surface area contributed by atoms with Crippen molar-refractivity contribution >= 4 is 11.9 Å². The minimum atomic E-state index is -1.11. The molecule has 6 nitrogen and oxygen atoms in total. The minimum Gasteiger partial charge on any atom is -0.480 e. The number of ether oxygens (including phenoxy) is 1. The number of carboxylic acid groups (broad SMARTS) is 1. The molecule has 0 saturated heterocycles. The van der Waals surface area contributed by atoms with Gasteiger partial charge in [0.25, 0.3) is 0 Å². The third-order valence-corrected chi connectivity index (χ3v) is 1.90. The summed E-state index contributed by atoms with van der Waals surface area (Å²) in [5.74, 6) is -1.63. The number of nitrogens with zero attached hydrogens (tertiary/aromatic N) is 1. The van der Waals surface area contributed by atoms with E-state index in [1.54, 1.807) is 0 Å². The van der Waals surface area contributed by atoms with E-state index in [-0.39, 0.29) is 13.0 Å². The topological polar surface area (TPSA) is 103 Å². The Hall–Kier alpha value is -1.95. The van der Waals surface area contributed by atoms with Crippen LogP contribution in [0, 0.1) is 0 Å². The van der Waals surface area contributed by atoms with Gasteiger partial charge in [-0.2, -0.15) is 0 Å². The molecular formula is C10H12N2O4. The second-order valence-electron chi connectivity index (χ2n) is 3.11. The third-order valence-electron chi connectivity index (χ3n) is 1.90. The molecule has 0 fully saturated rings. The fourth-order valence-corrected chi connectivity index (χ4v) is 0.973. The van der Waals surface area contributed by atoms with Gasteiger partial charge in [-0.1, -0.05) is 0 Å². The summed E-state index contributed by atoms with van der Waals surface area (Å²) >= 11 is 0. The molecule has 86 valence electrons. The number of pyridine rings is 1. The Morgan fingerprint density at radius 3 is 2.62 bits per heavy atom. The number of aliphatic carboxylic acids is 1.